The van der Waals surface area contributed by atoms with Crippen LogP contribution < -0.4 is 11.1 Å². The number of amides is 1. The van der Waals surface area contributed by atoms with Crippen LogP contribution in [-0.4, -0.2) is 12.5 Å². The molecular formula is C16H24N2O. The molecule has 2 rings (SSSR count). The van der Waals surface area contributed by atoms with Gasteiger partial charge in [0.05, 0.1) is 0 Å². The van der Waals surface area contributed by atoms with Gasteiger partial charge in [-0.25, -0.2) is 0 Å². The van der Waals surface area contributed by atoms with E-state index >= 15 is 0 Å². The first-order valence-electron chi connectivity index (χ1n) is 7.18. The number of nitrogens with two attached hydrogens (primary N) is 1. The molecule has 3 heteroatoms. The van der Waals surface area contributed by atoms with Crippen molar-refractivity contribution >= 4 is 11.6 Å². The molecule has 0 heterocycles. The Labute approximate surface area is 115 Å². The third-order valence-corrected chi connectivity index (χ3v) is 4.20. The maximum atomic E-state index is 12.3. The van der Waals surface area contributed by atoms with Crippen molar-refractivity contribution in [3.8, 4) is 0 Å². The van der Waals surface area contributed by atoms with Gasteiger partial charge < -0.3 is 11.1 Å². The molecule has 1 aliphatic rings. The van der Waals surface area contributed by atoms with Gasteiger partial charge in [0.15, 0.2) is 0 Å². The second-order valence-corrected chi connectivity index (χ2v) is 5.76. The van der Waals surface area contributed by atoms with E-state index in [1.807, 2.05) is 19.9 Å². The first-order valence-corrected chi connectivity index (χ1v) is 7.18. The highest BCUT2D eigenvalue weighted by Gasteiger charge is 2.25. The predicted molar refractivity (Wildman–Crippen MR) is 79.0 cm³/mol. The van der Waals surface area contributed by atoms with Crippen molar-refractivity contribution in [1.29, 1.82) is 0 Å². The molecule has 3 N–H and O–H groups in total. The minimum absolute atomic E-state index is 0.155. The van der Waals surface area contributed by atoms with Gasteiger partial charge in [-0.3, -0.25) is 4.79 Å². The number of anilines is 1. The van der Waals surface area contributed by atoms with E-state index in [2.05, 4.69) is 17.4 Å². The Morgan fingerprint density at radius 1 is 1.26 bits per heavy atom. The minimum Gasteiger partial charge on any atom is -0.330 e. The summed E-state index contributed by atoms with van der Waals surface area (Å²) in [5.74, 6) is 0.941. The number of hydrogen-bond donors (Lipinski definition) is 2. The molecule has 0 unspecified atom stereocenters. The topological polar surface area (TPSA) is 55.1 Å². The summed E-state index contributed by atoms with van der Waals surface area (Å²) in [5.41, 5.74) is 8.93. The zero-order valence-electron chi connectivity index (χ0n) is 11.9. The Bertz CT molecular complexity index is 448. The van der Waals surface area contributed by atoms with E-state index in [1.165, 1.54) is 5.56 Å². The largest absolute Gasteiger partial charge is 0.330 e. The van der Waals surface area contributed by atoms with Gasteiger partial charge in [-0.1, -0.05) is 12.1 Å². The van der Waals surface area contributed by atoms with Gasteiger partial charge in [0.1, 0.15) is 0 Å². The van der Waals surface area contributed by atoms with Gasteiger partial charge in [0.2, 0.25) is 5.91 Å². The van der Waals surface area contributed by atoms with Gasteiger partial charge in [-0.2, -0.15) is 0 Å². The predicted octanol–water partition coefficient (Wildman–Crippen LogP) is 3.01. The summed E-state index contributed by atoms with van der Waals surface area (Å²) in [6.07, 6.45) is 4.11. The molecule has 19 heavy (non-hydrogen) atoms. The van der Waals surface area contributed by atoms with Crippen LogP contribution in [0, 0.1) is 25.7 Å². The lowest BCUT2D eigenvalue weighted by Gasteiger charge is -2.27. The smallest absolute Gasteiger partial charge is 0.227 e. The summed E-state index contributed by atoms with van der Waals surface area (Å²) in [7, 11) is 0. The van der Waals surface area contributed by atoms with E-state index in [4.69, 9.17) is 5.73 Å². The molecule has 1 aromatic carbocycles. The SMILES string of the molecule is Cc1ccc(C)c(NC(=O)C2CCC(CN)CC2)c1. The molecule has 0 radical (unpaired) electrons. The molecule has 0 aliphatic heterocycles. The fourth-order valence-electron chi connectivity index (χ4n) is 2.77. The maximum Gasteiger partial charge on any atom is 0.227 e. The lowest BCUT2D eigenvalue weighted by Crippen LogP contribution is -2.29. The first-order chi connectivity index (χ1) is 9.10. The van der Waals surface area contributed by atoms with Crippen molar-refractivity contribution in [2.75, 3.05) is 11.9 Å². The van der Waals surface area contributed by atoms with Gasteiger partial charge in [-0.05, 0) is 69.2 Å². The zero-order chi connectivity index (χ0) is 13.8. The van der Waals surface area contributed by atoms with E-state index in [0.29, 0.717) is 5.92 Å². The third kappa shape index (κ3) is 3.57. The summed E-state index contributed by atoms with van der Waals surface area (Å²) in [4.78, 5) is 12.3. The number of carbonyl (C=O) groups is 1. The summed E-state index contributed by atoms with van der Waals surface area (Å²) < 4.78 is 0. The maximum absolute atomic E-state index is 12.3. The van der Waals surface area contributed by atoms with Crippen LogP contribution in [-0.2, 0) is 4.79 Å². The summed E-state index contributed by atoms with van der Waals surface area (Å²) in [6.45, 7) is 4.83. The van der Waals surface area contributed by atoms with Gasteiger partial charge in [-0.15, -0.1) is 0 Å². The summed E-state index contributed by atoms with van der Waals surface area (Å²) in [5, 5.41) is 3.08. The van der Waals surface area contributed by atoms with E-state index in [-0.39, 0.29) is 11.8 Å². The van der Waals surface area contributed by atoms with Crippen molar-refractivity contribution in [1.82, 2.24) is 0 Å². The Hall–Kier alpha value is -1.35. The Balaban J connectivity index is 1.96. The van der Waals surface area contributed by atoms with Crippen LogP contribution in [0.3, 0.4) is 0 Å². The second-order valence-electron chi connectivity index (χ2n) is 5.76. The molecule has 0 saturated heterocycles. The van der Waals surface area contributed by atoms with Crippen LogP contribution in [0.25, 0.3) is 0 Å². The monoisotopic (exact) mass is 260 g/mol. The number of rotatable bonds is 3. The summed E-state index contributed by atoms with van der Waals surface area (Å²) in [6, 6.07) is 6.16. The second kappa shape index (κ2) is 6.20. The normalized spacial score (nSPS) is 23.1. The van der Waals surface area contributed by atoms with E-state index in [9.17, 15) is 4.79 Å². The Morgan fingerprint density at radius 3 is 2.58 bits per heavy atom. The fraction of sp³-hybridized carbons (Fsp3) is 0.562. The van der Waals surface area contributed by atoms with Crippen LogP contribution in [0.5, 0.6) is 0 Å². The molecule has 104 valence electrons. The van der Waals surface area contributed by atoms with Gasteiger partial charge in [0, 0.05) is 11.6 Å². The van der Waals surface area contributed by atoms with Crippen molar-refractivity contribution in [3.63, 3.8) is 0 Å². The lowest BCUT2D eigenvalue weighted by molar-refractivity contribution is -0.121. The number of nitrogens with one attached hydrogen (secondary N) is 1. The minimum atomic E-state index is 0.155. The number of carbonyl (C=O) groups excluding carboxylic acids is 1. The average molecular weight is 260 g/mol. The Morgan fingerprint density at radius 2 is 1.95 bits per heavy atom. The third-order valence-electron chi connectivity index (χ3n) is 4.20. The first kappa shape index (κ1) is 14.1. The van der Waals surface area contributed by atoms with Crippen LogP contribution in [0.1, 0.15) is 36.8 Å². The molecule has 1 fully saturated rings. The van der Waals surface area contributed by atoms with Crippen molar-refractivity contribution in [2.45, 2.75) is 39.5 Å². The number of aryl methyl sites for hydroxylation is 2. The van der Waals surface area contributed by atoms with Crippen molar-refractivity contribution in [2.24, 2.45) is 17.6 Å². The van der Waals surface area contributed by atoms with Crippen LogP contribution in [0.2, 0.25) is 0 Å². The van der Waals surface area contributed by atoms with Gasteiger partial charge >= 0.3 is 0 Å². The van der Waals surface area contributed by atoms with Crippen LogP contribution in [0.15, 0.2) is 18.2 Å². The van der Waals surface area contributed by atoms with Crippen molar-refractivity contribution in [3.05, 3.63) is 29.3 Å². The quantitative estimate of drug-likeness (QED) is 0.877. The Kier molecular flexibility index (Phi) is 4.59. The highest BCUT2D eigenvalue weighted by molar-refractivity contribution is 5.93. The van der Waals surface area contributed by atoms with Gasteiger partial charge in [0.25, 0.3) is 0 Å². The molecule has 1 amide bonds. The molecule has 0 aromatic heterocycles. The molecule has 0 atom stereocenters. The van der Waals surface area contributed by atoms with E-state index < -0.39 is 0 Å². The lowest BCUT2D eigenvalue weighted by atomic mass is 9.81. The van der Waals surface area contributed by atoms with Crippen LogP contribution >= 0.6 is 0 Å². The number of hydrogen-bond acceptors (Lipinski definition) is 2. The molecule has 1 aromatic rings. The highest BCUT2D eigenvalue weighted by atomic mass is 16.1. The molecular weight excluding hydrogens is 236 g/mol. The van der Waals surface area contributed by atoms with Crippen molar-refractivity contribution < 1.29 is 4.79 Å². The van der Waals surface area contributed by atoms with E-state index in [0.717, 1.165) is 43.5 Å². The molecule has 3 nitrogen and oxygen atoms in total. The molecule has 1 aliphatic carbocycles. The molecule has 0 bridgehead atoms. The van der Waals surface area contributed by atoms with E-state index in [1.54, 1.807) is 0 Å². The zero-order valence-corrected chi connectivity index (χ0v) is 11.9. The fourth-order valence-corrected chi connectivity index (χ4v) is 2.77. The standard InChI is InChI=1S/C16H24N2O/c1-11-3-4-12(2)15(9-11)18-16(19)14-7-5-13(10-17)6-8-14/h3-4,9,13-14H,5-8,10,17H2,1-2H3,(H,18,19). The summed E-state index contributed by atoms with van der Waals surface area (Å²) >= 11 is 0. The van der Waals surface area contributed by atoms with Crippen LogP contribution in [0.4, 0.5) is 5.69 Å². The highest BCUT2D eigenvalue weighted by Crippen LogP contribution is 2.29. The molecule has 0 spiro atoms. The average Bonchev–Trinajstić information content (AvgIpc) is 2.43. The molecule has 1 saturated carbocycles. The number of benzene rings is 1.